The summed E-state index contributed by atoms with van der Waals surface area (Å²) < 4.78 is 52.1. The third-order valence-corrected chi connectivity index (χ3v) is 3.39. The van der Waals surface area contributed by atoms with Crippen LogP contribution in [-0.4, -0.2) is 32.9 Å². The maximum absolute atomic E-state index is 12.3. The van der Waals surface area contributed by atoms with Crippen LogP contribution in [0.5, 0.6) is 17.2 Å². The van der Waals surface area contributed by atoms with Crippen LogP contribution in [0, 0.1) is 0 Å². The van der Waals surface area contributed by atoms with E-state index >= 15 is 0 Å². The third kappa shape index (κ3) is 5.58. The molecular formula is C18H18F3NO4. The van der Waals surface area contributed by atoms with E-state index in [1.54, 1.807) is 24.3 Å². The van der Waals surface area contributed by atoms with Crippen molar-refractivity contribution in [2.24, 2.45) is 0 Å². The highest BCUT2D eigenvalue weighted by Crippen LogP contribution is 2.28. The Kier molecular flexibility index (Phi) is 6.32. The van der Waals surface area contributed by atoms with E-state index in [9.17, 15) is 18.0 Å². The first-order chi connectivity index (χ1) is 12.3. The quantitative estimate of drug-likeness (QED) is 0.806. The maximum atomic E-state index is 12.3. The van der Waals surface area contributed by atoms with Crippen molar-refractivity contribution in [3.05, 3.63) is 48.0 Å². The van der Waals surface area contributed by atoms with Crippen molar-refractivity contribution in [1.82, 2.24) is 0 Å². The summed E-state index contributed by atoms with van der Waals surface area (Å²) in [6.45, 7) is -1.44. The average molecular weight is 369 g/mol. The van der Waals surface area contributed by atoms with Gasteiger partial charge in [0.05, 0.1) is 26.3 Å². The Morgan fingerprint density at radius 1 is 1.04 bits per heavy atom. The molecule has 0 spiro atoms. The fraction of sp³-hybridized carbons (Fsp3) is 0.278. The molecule has 2 rings (SSSR count). The van der Waals surface area contributed by atoms with E-state index in [1.165, 1.54) is 32.4 Å². The van der Waals surface area contributed by atoms with Crippen molar-refractivity contribution in [1.29, 1.82) is 0 Å². The molecular weight excluding hydrogens is 351 g/mol. The molecule has 26 heavy (non-hydrogen) atoms. The van der Waals surface area contributed by atoms with Gasteiger partial charge in [-0.15, -0.1) is 0 Å². The summed E-state index contributed by atoms with van der Waals surface area (Å²) in [6.07, 6.45) is -4.51. The van der Waals surface area contributed by atoms with Crippen LogP contribution < -0.4 is 19.5 Å². The number of ether oxygens (including phenoxy) is 3. The van der Waals surface area contributed by atoms with Crippen molar-refractivity contribution < 1.29 is 32.2 Å². The summed E-state index contributed by atoms with van der Waals surface area (Å²) in [4.78, 5) is 12.3. The van der Waals surface area contributed by atoms with Crippen LogP contribution in [0.15, 0.2) is 42.5 Å². The van der Waals surface area contributed by atoms with E-state index in [4.69, 9.17) is 14.2 Å². The Balaban J connectivity index is 2.11. The fourth-order valence-corrected chi connectivity index (χ4v) is 2.24. The van der Waals surface area contributed by atoms with Gasteiger partial charge in [-0.3, -0.25) is 4.79 Å². The maximum Gasteiger partial charge on any atom is 0.422 e. The second-order valence-corrected chi connectivity index (χ2v) is 5.30. The zero-order valence-corrected chi connectivity index (χ0v) is 14.2. The van der Waals surface area contributed by atoms with Gasteiger partial charge >= 0.3 is 6.18 Å². The van der Waals surface area contributed by atoms with Gasteiger partial charge in [-0.05, 0) is 30.3 Å². The monoisotopic (exact) mass is 369 g/mol. The Morgan fingerprint density at radius 3 is 2.42 bits per heavy atom. The number of carbonyl (C=O) groups is 1. The van der Waals surface area contributed by atoms with E-state index in [-0.39, 0.29) is 17.9 Å². The summed E-state index contributed by atoms with van der Waals surface area (Å²) >= 11 is 0. The molecule has 140 valence electrons. The van der Waals surface area contributed by atoms with Crippen LogP contribution in [0.3, 0.4) is 0 Å². The smallest absolute Gasteiger partial charge is 0.422 e. The van der Waals surface area contributed by atoms with Gasteiger partial charge in [0, 0.05) is 5.56 Å². The Bertz CT molecular complexity index is 762. The van der Waals surface area contributed by atoms with E-state index in [0.717, 1.165) is 0 Å². The topological polar surface area (TPSA) is 56.8 Å². The van der Waals surface area contributed by atoms with E-state index < -0.39 is 18.7 Å². The number of benzene rings is 2. The number of hydrogen-bond donors (Lipinski definition) is 1. The molecule has 8 heteroatoms. The van der Waals surface area contributed by atoms with Crippen molar-refractivity contribution in [3.63, 3.8) is 0 Å². The Hall–Kier alpha value is -2.90. The predicted octanol–water partition coefficient (Wildman–Crippen LogP) is 3.83. The fourth-order valence-electron chi connectivity index (χ4n) is 2.24. The number of amides is 1. The minimum Gasteiger partial charge on any atom is -0.497 e. The minimum absolute atomic E-state index is 0.0476. The number of rotatable bonds is 7. The Morgan fingerprint density at radius 2 is 1.77 bits per heavy atom. The molecule has 0 aliphatic heterocycles. The molecule has 1 N–H and O–H groups in total. The van der Waals surface area contributed by atoms with Gasteiger partial charge in [-0.1, -0.05) is 12.1 Å². The van der Waals surface area contributed by atoms with Gasteiger partial charge in [0.15, 0.2) is 6.61 Å². The highest BCUT2D eigenvalue weighted by Gasteiger charge is 2.28. The first-order valence-corrected chi connectivity index (χ1v) is 7.61. The van der Waals surface area contributed by atoms with Crippen molar-refractivity contribution in [2.45, 2.75) is 12.6 Å². The van der Waals surface area contributed by atoms with Gasteiger partial charge in [0.2, 0.25) is 5.91 Å². The molecule has 2 aromatic carbocycles. The molecule has 0 atom stereocenters. The van der Waals surface area contributed by atoms with Gasteiger partial charge in [-0.25, -0.2) is 0 Å². The zero-order chi connectivity index (χ0) is 19.2. The number of methoxy groups -OCH3 is 2. The highest BCUT2D eigenvalue weighted by atomic mass is 19.4. The van der Waals surface area contributed by atoms with Crippen LogP contribution in [0.25, 0.3) is 0 Å². The van der Waals surface area contributed by atoms with Gasteiger partial charge in [-0.2, -0.15) is 13.2 Å². The predicted molar refractivity (Wildman–Crippen MR) is 89.9 cm³/mol. The molecule has 0 saturated heterocycles. The first kappa shape index (κ1) is 19.4. The van der Waals surface area contributed by atoms with Gasteiger partial charge in [0.1, 0.15) is 17.2 Å². The first-order valence-electron chi connectivity index (χ1n) is 7.61. The molecule has 0 aromatic heterocycles. The van der Waals surface area contributed by atoms with E-state index in [0.29, 0.717) is 17.1 Å². The number of alkyl halides is 3. The van der Waals surface area contributed by atoms with E-state index in [1.807, 2.05) is 0 Å². The second-order valence-electron chi connectivity index (χ2n) is 5.30. The van der Waals surface area contributed by atoms with Crippen molar-refractivity contribution in [2.75, 3.05) is 26.1 Å². The highest BCUT2D eigenvalue weighted by molar-refractivity contribution is 5.94. The number of carbonyl (C=O) groups excluding carboxylic acids is 1. The molecule has 5 nitrogen and oxygen atoms in total. The summed E-state index contributed by atoms with van der Waals surface area (Å²) in [5, 5.41) is 2.56. The standard InChI is InChI=1S/C18H18F3NO4/c1-24-13-7-8-15(25-2)12(9-13)10-17(23)22-14-5-3-4-6-16(14)26-11-18(19,20)21/h3-9H,10-11H2,1-2H3,(H,22,23). The molecule has 0 unspecified atom stereocenters. The number of hydrogen-bond acceptors (Lipinski definition) is 4. The molecule has 0 aliphatic carbocycles. The molecule has 0 fully saturated rings. The molecule has 2 aromatic rings. The lowest BCUT2D eigenvalue weighted by atomic mass is 10.1. The Labute approximate surface area is 148 Å². The molecule has 0 radical (unpaired) electrons. The zero-order valence-electron chi connectivity index (χ0n) is 14.2. The normalized spacial score (nSPS) is 11.0. The average Bonchev–Trinajstić information content (AvgIpc) is 2.60. The number of anilines is 1. The van der Waals surface area contributed by atoms with Gasteiger partial charge < -0.3 is 19.5 Å². The lowest BCUT2D eigenvalue weighted by Crippen LogP contribution is -2.21. The van der Waals surface area contributed by atoms with Crippen LogP contribution in [0.4, 0.5) is 18.9 Å². The summed E-state index contributed by atoms with van der Waals surface area (Å²) in [5.74, 6) is 0.570. The largest absolute Gasteiger partial charge is 0.497 e. The van der Waals surface area contributed by atoms with E-state index in [2.05, 4.69) is 5.32 Å². The SMILES string of the molecule is COc1ccc(OC)c(CC(=O)Nc2ccccc2OCC(F)(F)F)c1. The van der Waals surface area contributed by atoms with Crippen LogP contribution in [-0.2, 0) is 11.2 Å². The summed E-state index contributed by atoms with van der Waals surface area (Å²) in [6, 6.07) is 10.9. The summed E-state index contributed by atoms with van der Waals surface area (Å²) in [7, 11) is 2.98. The minimum atomic E-state index is -4.47. The molecule has 0 aliphatic rings. The third-order valence-electron chi connectivity index (χ3n) is 3.39. The lowest BCUT2D eigenvalue weighted by molar-refractivity contribution is -0.153. The van der Waals surface area contributed by atoms with Crippen molar-refractivity contribution in [3.8, 4) is 17.2 Å². The number of para-hydroxylation sites is 2. The van der Waals surface area contributed by atoms with Crippen LogP contribution >= 0.6 is 0 Å². The number of halogens is 3. The molecule has 0 heterocycles. The van der Waals surface area contributed by atoms with Crippen LogP contribution in [0.2, 0.25) is 0 Å². The number of nitrogens with one attached hydrogen (secondary N) is 1. The lowest BCUT2D eigenvalue weighted by Gasteiger charge is -2.14. The molecule has 0 bridgehead atoms. The second kappa shape index (κ2) is 8.46. The molecule has 1 amide bonds. The summed E-state index contributed by atoms with van der Waals surface area (Å²) in [5.41, 5.74) is 0.738. The van der Waals surface area contributed by atoms with Crippen LogP contribution in [0.1, 0.15) is 5.56 Å². The molecule has 0 saturated carbocycles. The van der Waals surface area contributed by atoms with Crippen molar-refractivity contribution >= 4 is 11.6 Å². The van der Waals surface area contributed by atoms with Gasteiger partial charge in [0.25, 0.3) is 0 Å².